The summed E-state index contributed by atoms with van der Waals surface area (Å²) < 4.78 is 0. The minimum Gasteiger partial charge on any atom is -0.313 e. The smallest absolute Gasteiger partial charge is 0.0223 e. The molecule has 0 saturated carbocycles. The van der Waals surface area contributed by atoms with Crippen molar-refractivity contribution in [3.05, 3.63) is 0 Å². The Morgan fingerprint density at radius 2 is 1.85 bits per heavy atom. The fraction of sp³-hybridized carbons (Fsp3) is 1.00. The minimum absolute atomic E-state index is 0.673. The zero-order chi connectivity index (χ0) is 14.4. The van der Waals surface area contributed by atoms with Crippen molar-refractivity contribution in [1.29, 1.82) is 0 Å². The van der Waals surface area contributed by atoms with Crippen LogP contribution in [-0.4, -0.2) is 61.2 Å². The lowest BCUT2D eigenvalue weighted by Crippen LogP contribution is -2.40. The highest BCUT2D eigenvalue weighted by atomic mass is 15.3. The second kappa shape index (κ2) is 8.35. The van der Waals surface area contributed by atoms with Crippen LogP contribution in [-0.2, 0) is 0 Å². The van der Waals surface area contributed by atoms with Crippen LogP contribution < -0.4 is 5.32 Å². The fourth-order valence-electron chi connectivity index (χ4n) is 3.64. The third kappa shape index (κ3) is 5.34. The van der Waals surface area contributed by atoms with Gasteiger partial charge in [0.1, 0.15) is 0 Å². The Labute approximate surface area is 126 Å². The molecule has 2 rings (SSSR count). The first-order chi connectivity index (χ1) is 9.65. The second-order valence-corrected chi connectivity index (χ2v) is 7.31. The Balaban J connectivity index is 1.61. The topological polar surface area (TPSA) is 18.5 Å². The van der Waals surface area contributed by atoms with Crippen LogP contribution in [0.15, 0.2) is 0 Å². The highest BCUT2D eigenvalue weighted by Gasteiger charge is 2.28. The van der Waals surface area contributed by atoms with Gasteiger partial charge in [-0.15, -0.1) is 0 Å². The van der Waals surface area contributed by atoms with E-state index in [2.05, 4.69) is 35.9 Å². The van der Waals surface area contributed by atoms with E-state index in [1.807, 2.05) is 0 Å². The van der Waals surface area contributed by atoms with Crippen molar-refractivity contribution in [2.75, 3.05) is 39.3 Å². The molecule has 0 radical (unpaired) electrons. The van der Waals surface area contributed by atoms with E-state index in [1.54, 1.807) is 0 Å². The molecule has 2 atom stereocenters. The molecule has 2 saturated heterocycles. The molecule has 0 aromatic carbocycles. The van der Waals surface area contributed by atoms with Crippen LogP contribution >= 0.6 is 0 Å². The summed E-state index contributed by atoms with van der Waals surface area (Å²) >= 11 is 0. The average Bonchev–Trinajstić information content (AvgIpc) is 2.75. The lowest BCUT2D eigenvalue weighted by Gasteiger charge is -2.26. The summed E-state index contributed by atoms with van der Waals surface area (Å²) in [4.78, 5) is 5.41. The van der Waals surface area contributed by atoms with Crippen molar-refractivity contribution in [3.63, 3.8) is 0 Å². The van der Waals surface area contributed by atoms with Crippen LogP contribution in [0.5, 0.6) is 0 Å². The normalized spacial score (nSPS) is 26.7. The number of nitrogens with one attached hydrogen (secondary N) is 1. The van der Waals surface area contributed by atoms with Crippen LogP contribution in [0.1, 0.15) is 52.9 Å². The van der Waals surface area contributed by atoms with Crippen LogP contribution in [0.2, 0.25) is 0 Å². The third-order valence-corrected chi connectivity index (χ3v) is 4.99. The lowest BCUT2D eigenvalue weighted by atomic mass is 10.0. The van der Waals surface area contributed by atoms with Gasteiger partial charge in [-0.1, -0.05) is 13.8 Å². The van der Waals surface area contributed by atoms with Crippen LogP contribution in [0.4, 0.5) is 0 Å². The highest BCUT2D eigenvalue weighted by molar-refractivity contribution is 4.85. The quantitative estimate of drug-likeness (QED) is 0.774. The molecular weight excluding hydrogens is 246 g/mol. The molecule has 0 amide bonds. The van der Waals surface area contributed by atoms with Gasteiger partial charge >= 0.3 is 0 Å². The van der Waals surface area contributed by atoms with E-state index in [-0.39, 0.29) is 0 Å². The van der Waals surface area contributed by atoms with Gasteiger partial charge in [-0.05, 0) is 64.6 Å². The largest absolute Gasteiger partial charge is 0.313 e. The van der Waals surface area contributed by atoms with Crippen molar-refractivity contribution in [3.8, 4) is 0 Å². The van der Waals surface area contributed by atoms with Gasteiger partial charge in [-0.2, -0.15) is 0 Å². The van der Waals surface area contributed by atoms with Crippen LogP contribution in [0, 0.1) is 5.92 Å². The molecule has 2 fully saturated rings. The molecule has 2 aliphatic heterocycles. The van der Waals surface area contributed by atoms with E-state index in [0.29, 0.717) is 6.04 Å². The second-order valence-electron chi connectivity index (χ2n) is 7.31. The van der Waals surface area contributed by atoms with Gasteiger partial charge in [-0.3, -0.25) is 4.90 Å². The van der Waals surface area contributed by atoms with Gasteiger partial charge in [0.05, 0.1) is 0 Å². The predicted octanol–water partition coefficient (Wildman–Crippen LogP) is 2.57. The molecule has 2 heterocycles. The zero-order valence-corrected chi connectivity index (χ0v) is 13.9. The average molecular weight is 281 g/mol. The summed E-state index contributed by atoms with van der Waals surface area (Å²) in [6, 6.07) is 1.53. The van der Waals surface area contributed by atoms with Crippen molar-refractivity contribution in [1.82, 2.24) is 15.1 Å². The van der Waals surface area contributed by atoms with Gasteiger partial charge in [0.25, 0.3) is 0 Å². The molecule has 20 heavy (non-hydrogen) atoms. The number of rotatable bonds is 7. The Morgan fingerprint density at radius 1 is 1.05 bits per heavy atom. The molecule has 0 aromatic rings. The Hall–Kier alpha value is -0.120. The summed E-state index contributed by atoms with van der Waals surface area (Å²) in [5, 5.41) is 3.71. The summed E-state index contributed by atoms with van der Waals surface area (Å²) in [7, 11) is 0. The first kappa shape index (κ1) is 16.3. The van der Waals surface area contributed by atoms with Gasteiger partial charge in [-0.25, -0.2) is 0 Å². The van der Waals surface area contributed by atoms with Gasteiger partial charge in [0, 0.05) is 31.7 Å². The maximum atomic E-state index is 3.71. The standard InChI is InChI=1S/C17H35N3/c1-15(2)7-8-16(3)18-9-13-19-10-5-12-20-11-4-6-17(20)14-19/h15-18H,4-14H2,1-3H3. The molecule has 2 aliphatic rings. The van der Waals surface area contributed by atoms with Gasteiger partial charge in [0.15, 0.2) is 0 Å². The van der Waals surface area contributed by atoms with Crippen molar-refractivity contribution >= 4 is 0 Å². The van der Waals surface area contributed by atoms with E-state index in [4.69, 9.17) is 0 Å². The molecule has 1 N–H and O–H groups in total. The summed E-state index contributed by atoms with van der Waals surface area (Å²) in [6.45, 7) is 14.7. The van der Waals surface area contributed by atoms with Gasteiger partial charge in [0.2, 0.25) is 0 Å². The molecule has 118 valence electrons. The molecule has 0 bridgehead atoms. The van der Waals surface area contributed by atoms with Crippen molar-refractivity contribution in [2.45, 2.75) is 65.0 Å². The van der Waals surface area contributed by atoms with E-state index >= 15 is 0 Å². The van der Waals surface area contributed by atoms with E-state index in [9.17, 15) is 0 Å². The first-order valence-corrected chi connectivity index (χ1v) is 8.85. The van der Waals surface area contributed by atoms with Crippen molar-refractivity contribution < 1.29 is 0 Å². The Bertz CT molecular complexity index is 267. The number of hydrogen-bond acceptors (Lipinski definition) is 3. The monoisotopic (exact) mass is 281 g/mol. The van der Waals surface area contributed by atoms with Crippen molar-refractivity contribution in [2.24, 2.45) is 5.92 Å². The fourth-order valence-corrected chi connectivity index (χ4v) is 3.64. The number of nitrogens with zero attached hydrogens (tertiary/aromatic N) is 2. The molecule has 0 aliphatic carbocycles. The summed E-state index contributed by atoms with van der Waals surface area (Å²) in [5.74, 6) is 0.832. The summed E-state index contributed by atoms with van der Waals surface area (Å²) in [5.41, 5.74) is 0. The Kier molecular flexibility index (Phi) is 6.79. The molecule has 0 spiro atoms. The molecule has 2 unspecified atom stereocenters. The van der Waals surface area contributed by atoms with Gasteiger partial charge < -0.3 is 10.2 Å². The van der Waals surface area contributed by atoms with Crippen LogP contribution in [0.3, 0.4) is 0 Å². The molecule has 3 nitrogen and oxygen atoms in total. The zero-order valence-electron chi connectivity index (χ0n) is 13.9. The molecular formula is C17H35N3. The number of hydrogen-bond donors (Lipinski definition) is 1. The van der Waals surface area contributed by atoms with E-state index in [0.717, 1.165) is 18.5 Å². The minimum atomic E-state index is 0.673. The number of fused-ring (bicyclic) bond motifs is 1. The third-order valence-electron chi connectivity index (χ3n) is 4.99. The highest BCUT2D eigenvalue weighted by Crippen LogP contribution is 2.20. The first-order valence-electron chi connectivity index (χ1n) is 8.85. The lowest BCUT2D eigenvalue weighted by molar-refractivity contribution is 0.218. The van der Waals surface area contributed by atoms with E-state index in [1.165, 1.54) is 64.8 Å². The maximum Gasteiger partial charge on any atom is 0.0223 e. The van der Waals surface area contributed by atoms with E-state index < -0.39 is 0 Å². The summed E-state index contributed by atoms with van der Waals surface area (Å²) in [6.07, 6.45) is 6.86. The maximum absolute atomic E-state index is 3.71. The Morgan fingerprint density at radius 3 is 2.65 bits per heavy atom. The SMILES string of the molecule is CC(C)CCC(C)NCCN1CCCN2CCCC2C1. The molecule has 0 aromatic heterocycles. The molecule has 3 heteroatoms. The van der Waals surface area contributed by atoms with Crippen LogP contribution in [0.25, 0.3) is 0 Å². The predicted molar refractivity (Wildman–Crippen MR) is 87.2 cm³/mol.